The maximum Gasteiger partial charge on any atom is 0.163 e. The Hall–Kier alpha value is -1.43. The third-order valence-electron chi connectivity index (χ3n) is 2.63. The molecule has 0 aliphatic heterocycles. The van der Waals surface area contributed by atoms with E-state index >= 15 is 0 Å². The Balaban J connectivity index is 2.16. The van der Waals surface area contributed by atoms with Gasteiger partial charge in [0.2, 0.25) is 0 Å². The second-order valence-electron chi connectivity index (χ2n) is 4.11. The normalized spacial score (nSPS) is 10.3. The molecule has 0 saturated heterocycles. The van der Waals surface area contributed by atoms with Crippen molar-refractivity contribution in [3.8, 4) is 5.75 Å². The van der Waals surface area contributed by atoms with Crippen molar-refractivity contribution in [3.05, 3.63) is 63.0 Å². The number of carbonyl (C=O) groups is 1. The predicted molar refractivity (Wildman–Crippen MR) is 79.9 cm³/mol. The van der Waals surface area contributed by atoms with Crippen LogP contribution in [0.2, 0.25) is 0 Å². The van der Waals surface area contributed by atoms with E-state index in [4.69, 9.17) is 4.74 Å². The Bertz CT molecular complexity index is 594. The van der Waals surface area contributed by atoms with E-state index in [-0.39, 0.29) is 11.5 Å². The predicted octanol–water partition coefficient (Wildman–Crippen LogP) is 4.21. The maximum atomic E-state index is 13.2. The van der Waals surface area contributed by atoms with E-state index in [2.05, 4.69) is 22.6 Å². The van der Waals surface area contributed by atoms with E-state index in [0.717, 1.165) is 9.13 Å². The van der Waals surface area contributed by atoms with Crippen molar-refractivity contribution in [1.29, 1.82) is 0 Å². The molecular formula is C15H12FIO2. The largest absolute Gasteiger partial charge is 0.488 e. The summed E-state index contributed by atoms with van der Waals surface area (Å²) in [4.78, 5) is 11.4. The second-order valence-corrected chi connectivity index (χ2v) is 5.36. The molecule has 2 aromatic carbocycles. The van der Waals surface area contributed by atoms with Crippen LogP contribution in [0.25, 0.3) is 0 Å². The molecule has 2 aromatic rings. The lowest BCUT2D eigenvalue weighted by Crippen LogP contribution is -2.02. The lowest BCUT2D eigenvalue weighted by molar-refractivity contribution is 0.101. The zero-order valence-corrected chi connectivity index (χ0v) is 12.5. The summed E-state index contributed by atoms with van der Waals surface area (Å²) in [5.74, 6) is -0.272. The molecule has 98 valence electrons. The molecule has 2 nitrogen and oxygen atoms in total. The van der Waals surface area contributed by atoms with Gasteiger partial charge in [0, 0.05) is 9.64 Å². The van der Waals surface area contributed by atoms with E-state index in [1.165, 1.54) is 25.1 Å². The Labute approximate surface area is 124 Å². The van der Waals surface area contributed by atoms with E-state index in [9.17, 15) is 9.18 Å². The van der Waals surface area contributed by atoms with Gasteiger partial charge in [-0.25, -0.2) is 4.39 Å². The average molecular weight is 370 g/mol. The van der Waals surface area contributed by atoms with Crippen molar-refractivity contribution in [2.24, 2.45) is 0 Å². The number of ether oxygens (including phenoxy) is 1. The van der Waals surface area contributed by atoms with Crippen LogP contribution in [0.1, 0.15) is 22.8 Å². The highest BCUT2D eigenvalue weighted by Gasteiger charge is 2.09. The number of ketones is 1. The van der Waals surface area contributed by atoms with E-state index in [1.807, 2.05) is 24.3 Å². The summed E-state index contributed by atoms with van der Waals surface area (Å²) in [5, 5.41) is 0. The Kier molecular flexibility index (Phi) is 4.52. The first-order valence-corrected chi connectivity index (χ1v) is 6.82. The summed E-state index contributed by atoms with van der Waals surface area (Å²) in [6.07, 6.45) is 0. The number of hydrogen-bond acceptors (Lipinski definition) is 2. The highest BCUT2D eigenvalue weighted by molar-refractivity contribution is 14.1. The number of halogens is 2. The van der Waals surface area contributed by atoms with E-state index in [0.29, 0.717) is 12.2 Å². The highest BCUT2D eigenvalue weighted by atomic mass is 127. The zero-order valence-electron chi connectivity index (χ0n) is 10.3. The van der Waals surface area contributed by atoms with Crippen molar-refractivity contribution in [2.75, 3.05) is 0 Å². The molecule has 0 heterocycles. The third-order valence-corrected chi connectivity index (χ3v) is 3.35. The lowest BCUT2D eigenvalue weighted by Gasteiger charge is -2.10. The zero-order chi connectivity index (χ0) is 13.8. The fourth-order valence-corrected chi connectivity index (χ4v) is 2.01. The van der Waals surface area contributed by atoms with Gasteiger partial charge in [0.15, 0.2) is 5.78 Å². The molecule has 0 saturated carbocycles. The van der Waals surface area contributed by atoms with Gasteiger partial charge in [-0.05, 0) is 59.3 Å². The molecule has 0 amide bonds. The summed E-state index contributed by atoms with van der Waals surface area (Å²) in [6.45, 7) is 1.74. The number of rotatable bonds is 4. The van der Waals surface area contributed by atoms with E-state index in [1.54, 1.807) is 0 Å². The van der Waals surface area contributed by atoms with Gasteiger partial charge < -0.3 is 4.74 Å². The first kappa shape index (κ1) is 14.0. The van der Waals surface area contributed by atoms with Gasteiger partial charge >= 0.3 is 0 Å². The SMILES string of the molecule is CC(=O)c1ccc(F)cc1OCc1ccc(I)cc1. The van der Waals surface area contributed by atoms with Crippen LogP contribution in [-0.4, -0.2) is 5.78 Å². The Morgan fingerprint density at radius 2 is 1.89 bits per heavy atom. The van der Waals surface area contributed by atoms with Crippen LogP contribution < -0.4 is 4.74 Å². The molecule has 0 atom stereocenters. The van der Waals surface area contributed by atoms with Gasteiger partial charge in [0.25, 0.3) is 0 Å². The topological polar surface area (TPSA) is 26.3 Å². The number of hydrogen-bond donors (Lipinski definition) is 0. The molecule has 4 heteroatoms. The minimum atomic E-state index is -0.414. The first-order chi connectivity index (χ1) is 9.06. The molecule has 0 fully saturated rings. The quantitative estimate of drug-likeness (QED) is 0.595. The van der Waals surface area contributed by atoms with Gasteiger partial charge in [0.1, 0.15) is 18.2 Å². The smallest absolute Gasteiger partial charge is 0.163 e. The van der Waals surface area contributed by atoms with Crippen LogP contribution in [0.4, 0.5) is 4.39 Å². The molecular weight excluding hydrogens is 358 g/mol. The molecule has 0 N–H and O–H groups in total. The van der Waals surface area contributed by atoms with Crippen LogP contribution in [0.3, 0.4) is 0 Å². The summed E-state index contributed by atoms with van der Waals surface area (Å²) in [5.41, 5.74) is 1.37. The number of benzene rings is 2. The molecule has 0 radical (unpaired) electrons. The van der Waals surface area contributed by atoms with Gasteiger partial charge in [-0.2, -0.15) is 0 Å². The molecule has 0 aliphatic rings. The molecule has 0 unspecified atom stereocenters. The fourth-order valence-electron chi connectivity index (χ4n) is 1.65. The molecule has 0 aliphatic carbocycles. The molecule has 0 aromatic heterocycles. The molecule has 2 rings (SSSR count). The van der Waals surface area contributed by atoms with Crippen molar-refractivity contribution < 1.29 is 13.9 Å². The van der Waals surface area contributed by atoms with Gasteiger partial charge in [-0.1, -0.05) is 12.1 Å². The monoisotopic (exact) mass is 370 g/mol. The molecule has 0 bridgehead atoms. The summed E-state index contributed by atoms with van der Waals surface area (Å²) >= 11 is 2.22. The molecule has 19 heavy (non-hydrogen) atoms. The summed E-state index contributed by atoms with van der Waals surface area (Å²) in [7, 11) is 0. The van der Waals surface area contributed by atoms with Crippen LogP contribution in [0.5, 0.6) is 5.75 Å². The standard InChI is InChI=1S/C15H12FIO2/c1-10(18)14-7-4-12(16)8-15(14)19-9-11-2-5-13(17)6-3-11/h2-8H,9H2,1H3. The number of Topliss-reactive ketones (excluding diaryl/α,β-unsaturated/α-hetero) is 1. The van der Waals surface area contributed by atoms with Crippen molar-refractivity contribution in [2.45, 2.75) is 13.5 Å². The van der Waals surface area contributed by atoms with Crippen molar-refractivity contribution in [3.63, 3.8) is 0 Å². The Morgan fingerprint density at radius 3 is 2.53 bits per heavy atom. The maximum absolute atomic E-state index is 13.2. The average Bonchev–Trinajstić information content (AvgIpc) is 2.38. The second kappa shape index (κ2) is 6.14. The van der Waals surface area contributed by atoms with E-state index < -0.39 is 5.82 Å². The van der Waals surface area contributed by atoms with Crippen LogP contribution >= 0.6 is 22.6 Å². The first-order valence-electron chi connectivity index (χ1n) is 5.74. The van der Waals surface area contributed by atoms with Gasteiger partial charge in [0.05, 0.1) is 5.56 Å². The lowest BCUT2D eigenvalue weighted by atomic mass is 10.1. The minimum absolute atomic E-state index is 0.141. The van der Waals surface area contributed by atoms with Crippen LogP contribution in [-0.2, 0) is 6.61 Å². The van der Waals surface area contributed by atoms with Gasteiger partial charge in [-0.3, -0.25) is 4.79 Å². The highest BCUT2D eigenvalue weighted by Crippen LogP contribution is 2.22. The van der Waals surface area contributed by atoms with Gasteiger partial charge in [-0.15, -0.1) is 0 Å². The van der Waals surface area contributed by atoms with Crippen LogP contribution in [0, 0.1) is 9.39 Å². The Morgan fingerprint density at radius 1 is 1.21 bits per heavy atom. The third kappa shape index (κ3) is 3.76. The molecule has 0 spiro atoms. The van der Waals surface area contributed by atoms with Crippen LogP contribution in [0.15, 0.2) is 42.5 Å². The minimum Gasteiger partial charge on any atom is -0.488 e. The van der Waals surface area contributed by atoms with Crippen molar-refractivity contribution >= 4 is 28.4 Å². The summed E-state index contributed by atoms with van der Waals surface area (Å²) < 4.78 is 19.9. The summed E-state index contributed by atoms with van der Waals surface area (Å²) in [6, 6.07) is 11.8. The number of carbonyl (C=O) groups excluding carboxylic acids is 1. The van der Waals surface area contributed by atoms with Crippen molar-refractivity contribution in [1.82, 2.24) is 0 Å². The fraction of sp³-hybridized carbons (Fsp3) is 0.133.